The minimum Gasteiger partial charge on any atom is -0.485 e. The lowest BCUT2D eigenvalue weighted by atomic mass is 10.2. The number of para-hydroxylation sites is 4. The van der Waals surface area contributed by atoms with E-state index in [1.54, 1.807) is 12.1 Å². The number of hydrogen-bond donors (Lipinski definition) is 3. The Kier molecular flexibility index (Phi) is 4.61. The fraction of sp³-hybridized carbons (Fsp3) is 0.211. The molecule has 2 amide bonds. The number of benzene rings is 2. The highest BCUT2D eigenvalue weighted by Crippen LogP contribution is 2.30. The Labute approximate surface area is 154 Å². The van der Waals surface area contributed by atoms with Crippen LogP contribution in [0.25, 0.3) is 11.0 Å². The monoisotopic (exact) mass is 366 g/mol. The molecule has 0 aliphatic carbocycles. The van der Waals surface area contributed by atoms with Crippen molar-refractivity contribution in [1.82, 2.24) is 15.3 Å². The van der Waals surface area contributed by atoms with Crippen LogP contribution in [0.2, 0.25) is 0 Å². The molecule has 2 heterocycles. The number of nitrogens with one attached hydrogen (secondary N) is 3. The Hall–Kier alpha value is -3.55. The van der Waals surface area contributed by atoms with E-state index in [0.717, 1.165) is 11.0 Å². The Morgan fingerprint density at radius 1 is 1.11 bits per heavy atom. The summed E-state index contributed by atoms with van der Waals surface area (Å²) in [5.74, 6) is 0.966. The lowest BCUT2D eigenvalue weighted by Crippen LogP contribution is -2.44. The Morgan fingerprint density at radius 3 is 2.74 bits per heavy atom. The topological polar surface area (TPSA) is 105 Å². The van der Waals surface area contributed by atoms with Crippen molar-refractivity contribution in [3.63, 3.8) is 0 Å². The number of anilines is 1. The van der Waals surface area contributed by atoms with Crippen LogP contribution in [-0.2, 0) is 9.59 Å². The van der Waals surface area contributed by atoms with Crippen molar-refractivity contribution in [3.05, 3.63) is 48.5 Å². The molecule has 3 aromatic rings. The second kappa shape index (κ2) is 7.36. The highest BCUT2D eigenvalue weighted by atomic mass is 16.6. The predicted molar refractivity (Wildman–Crippen MR) is 98.7 cm³/mol. The molecule has 8 heteroatoms. The number of ether oxygens (including phenoxy) is 2. The van der Waals surface area contributed by atoms with Crippen LogP contribution in [-0.4, -0.2) is 41.0 Å². The maximum Gasteiger partial charge on any atom is 0.264 e. The average molecular weight is 366 g/mol. The van der Waals surface area contributed by atoms with E-state index in [2.05, 4.69) is 20.6 Å². The summed E-state index contributed by atoms with van der Waals surface area (Å²) < 4.78 is 11.1. The number of carbonyl (C=O) groups excluding carboxylic acids is 2. The van der Waals surface area contributed by atoms with E-state index in [1.165, 1.54) is 0 Å². The zero-order chi connectivity index (χ0) is 18.6. The summed E-state index contributed by atoms with van der Waals surface area (Å²) >= 11 is 0. The fourth-order valence-corrected chi connectivity index (χ4v) is 2.77. The Balaban J connectivity index is 1.24. The van der Waals surface area contributed by atoms with Crippen LogP contribution in [0, 0.1) is 0 Å². The Morgan fingerprint density at radius 2 is 1.89 bits per heavy atom. The first kappa shape index (κ1) is 16.9. The molecule has 1 atom stereocenters. The SMILES string of the molecule is O=C(CCNC(=O)[C@H]1COc2ccccc2O1)Nc1nc2ccccc2[nH]1. The van der Waals surface area contributed by atoms with Gasteiger partial charge in [0.25, 0.3) is 5.91 Å². The lowest BCUT2D eigenvalue weighted by Gasteiger charge is -2.25. The van der Waals surface area contributed by atoms with Crippen LogP contribution in [0.15, 0.2) is 48.5 Å². The molecule has 3 N–H and O–H groups in total. The second-order valence-electron chi connectivity index (χ2n) is 6.06. The largest absolute Gasteiger partial charge is 0.485 e. The van der Waals surface area contributed by atoms with Gasteiger partial charge < -0.3 is 19.8 Å². The minimum absolute atomic E-state index is 0.118. The first-order valence-electron chi connectivity index (χ1n) is 8.60. The van der Waals surface area contributed by atoms with Crippen molar-refractivity contribution in [2.24, 2.45) is 0 Å². The molecule has 0 saturated carbocycles. The van der Waals surface area contributed by atoms with Crippen LogP contribution in [0.3, 0.4) is 0 Å². The molecule has 0 radical (unpaired) electrons. The standard InChI is InChI=1S/C19H18N4O4/c24-17(23-19-21-12-5-1-2-6-13(12)22-19)9-10-20-18(25)16-11-26-14-7-3-4-8-15(14)27-16/h1-8,16H,9-11H2,(H,20,25)(H2,21,22,23,24)/t16-/m1/s1. The number of imidazole rings is 1. The summed E-state index contributed by atoms with van der Waals surface area (Å²) in [4.78, 5) is 31.5. The van der Waals surface area contributed by atoms with E-state index >= 15 is 0 Å². The van der Waals surface area contributed by atoms with E-state index in [9.17, 15) is 9.59 Å². The second-order valence-corrected chi connectivity index (χ2v) is 6.06. The maximum atomic E-state index is 12.2. The molecule has 0 unspecified atom stereocenters. The molecule has 0 bridgehead atoms. The van der Waals surface area contributed by atoms with Gasteiger partial charge in [0.05, 0.1) is 11.0 Å². The third-order valence-electron chi connectivity index (χ3n) is 4.10. The van der Waals surface area contributed by atoms with Gasteiger partial charge in [0.15, 0.2) is 11.5 Å². The number of nitrogens with zero attached hydrogens (tertiary/aromatic N) is 1. The van der Waals surface area contributed by atoms with Gasteiger partial charge in [-0.15, -0.1) is 0 Å². The van der Waals surface area contributed by atoms with Gasteiger partial charge in [-0.2, -0.15) is 0 Å². The van der Waals surface area contributed by atoms with Gasteiger partial charge in [-0.25, -0.2) is 4.98 Å². The van der Waals surface area contributed by atoms with Gasteiger partial charge in [-0.05, 0) is 24.3 Å². The van der Waals surface area contributed by atoms with Gasteiger partial charge in [0.2, 0.25) is 18.0 Å². The number of hydrogen-bond acceptors (Lipinski definition) is 5. The average Bonchev–Trinajstić information content (AvgIpc) is 3.09. The quantitative estimate of drug-likeness (QED) is 0.639. The van der Waals surface area contributed by atoms with Crippen molar-refractivity contribution < 1.29 is 19.1 Å². The maximum absolute atomic E-state index is 12.2. The van der Waals surface area contributed by atoms with Crippen LogP contribution >= 0.6 is 0 Å². The molecular formula is C19H18N4O4. The van der Waals surface area contributed by atoms with E-state index in [4.69, 9.17) is 9.47 Å². The van der Waals surface area contributed by atoms with Gasteiger partial charge in [-0.3, -0.25) is 14.9 Å². The van der Waals surface area contributed by atoms with E-state index in [0.29, 0.717) is 17.4 Å². The summed E-state index contributed by atoms with van der Waals surface area (Å²) in [5.41, 5.74) is 1.62. The molecular weight excluding hydrogens is 348 g/mol. The van der Waals surface area contributed by atoms with Gasteiger partial charge in [-0.1, -0.05) is 24.3 Å². The number of H-pyrrole nitrogens is 1. The fourth-order valence-electron chi connectivity index (χ4n) is 2.77. The third-order valence-corrected chi connectivity index (χ3v) is 4.10. The number of aromatic amines is 1. The van der Waals surface area contributed by atoms with Crippen molar-refractivity contribution in [3.8, 4) is 11.5 Å². The zero-order valence-electron chi connectivity index (χ0n) is 14.4. The molecule has 0 spiro atoms. The summed E-state index contributed by atoms with van der Waals surface area (Å²) in [5, 5.41) is 5.38. The number of amides is 2. The summed E-state index contributed by atoms with van der Waals surface area (Å²) in [7, 11) is 0. The van der Waals surface area contributed by atoms with E-state index in [1.807, 2.05) is 36.4 Å². The number of aromatic nitrogens is 2. The van der Waals surface area contributed by atoms with E-state index in [-0.39, 0.29) is 31.4 Å². The predicted octanol–water partition coefficient (Wildman–Crippen LogP) is 1.85. The van der Waals surface area contributed by atoms with Crippen LogP contribution in [0.4, 0.5) is 5.95 Å². The Bertz CT molecular complexity index is 952. The normalized spacial score (nSPS) is 15.3. The van der Waals surface area contributed by atoms with Gasteiger partial charge >= 0.3 is 0 Å². The minimum atomic E-state index is -0.738. The van der Waals surface area contributed by atoms with Crippen molar-refractivity contribution in [2.75, 3.05) is 18.5 Å². The molecule has 0 saturated heterocycles. The van der Waals surface area contributed by atoms with Crippen LogP contribution < -0.4 is 20.1 Å². The first-order chi connectivity index (χ1) is 13.2. The smallest absolute Gasteiger partial charge is 0.264 e. The lowest BCUT2D eigenvalue weighted by molar-refractivity contribution is -0.130. The molecule has 4 rings (SSSR count). The van der Waals surface area contributed by atoms with Crippen LogP contribution in [0.5, 0.6) is 11.5 Å². The summed E-state index contributed by atoms with van der Waals surface area (Å²) in [6.45, 7) is 0.320. The molecule has 8 nitrogen and oxygen atoms in total. The third kappa shape index (κ3) is 3.84. The molecule has 138 valence electrons. The number of rotatable bonds is 5. The number of carbonyl (C=O) groups is 2. The molecule has 1 aliphatic rings. The highest BCUT2D eigenvalue weighted by molar-refractivity contribution is 5.91. The highest BCUT2D eigenvalue weighted by Gasteiger charge is 2.27. The van der Waals surface area contributed by atoms with Gasteiger partial charge in [0, 0.05) is 13.0 Å². The molecule has 2 aromatic carbocycles. The summed E-state index contributed by atoms with van der Waals surface area (Å²) in [6, 6.07) is 14.7. The van der Waals surface area contributed by atoms with Crippen molar-refractivity contribution in [2.45, 2.75) is 12.5 Å². The van der Waals surface area contributed by atoms with E-state index < -0.39 is 6.10 Å². The van der Waals surface area contributed by atoms with Crippen LogP contribution in [0.1, 0.15) is 6.42 Å². The first-order valence-corrected chi connectivity index (χ1v) is 8.60. The molecule has 0 fully saturated rings. The number of fused-ring (bicyclic) bond motifs is 2. The molecule has 1 aromatic heterocycles. The van der Waals surface area contributed by atoms with Gasteiger partial charge in [0.1, 0.15) is 6.61 Å². The van der Waals surface area contributed by atoms with Crippen molar-refractivity contribution >= 4 is 28.8 Å². The zero-order valence-corrected chi connectivity index (χ0v) is 14.4. The molecule has 27 heavy (non-hydrogen) atoms. The summed E-state index contributed by atoms with van der Waals surface area (Å²) in [6.07, 6.45) is -0.620. The van der Waals surface area contributed by atoms with Crippen molar-refractivity contribution in [1.29, 1.82) is 0 Å². The molecule has 1 aliphatic heterocycles.